The number of halogens is 1. The zero-order chi connectivity index (χ0) is 17.5. The number of nitrogens with zero attached hydrogens (tertiary/aromatic N) is 3. The van der Waals surface area contributed by atoms with Crippen molar-refractivity contribution in [1.29, 1.82) is 0 Å². The summed E-state index contributed by atoms with van der Waals surface area (Å²) in [6.45, 7) is 7.70. The normalized spacial score (nSPS) is 18.1. The van der Waals surface area contributed by atoms with Crippen LogP contribution in [0.2, 0.25) is 5.15 Å². The number of fused-ring (bicyclic) bond motifs is 1. The van der Waals surface area contributed by atoms with Crippen molar-refractivity contribution in [3.63, 3.8) is 0 Å². The lowest BCUT2D eigenvalue weighted by atomic mass is 10.1. The summed E-state index contributed by atoms with van der Waals surface area (Å²) < 4.78 is 21.9. The van der Waals surface area contributed by atoms with Crippen LogP contribution in [-0.2, 0) is 11.4 Å². The first-order valence-electron chi connectivity index (χ1n) is 7.77. The van der Waals surface area contributed by atoms with Crippen molar-refractivity contribution in [3.05, 3.63) is 29.2 Å². The van der Waals surface area contributed by atoms with Gasteiger partial charge in [-0.15, -0.1) is 0 Å². The molecule has 24 heavy (non-hydrogen) atoms. The van der Waals surface area contributed by atoms with Gasteiger partial charge in [-0.05, 0) is 46.6 Å². The Morgan fingerprint density at radius 1 is 1.29 bits per heavy atom. The van der Waals surface area contributed by atoms with E-state index in [0.717, 1.165) is 29.2 Å². The van der Waals surface area contributed by atoms with E-state index in [1.54, 1.807) is 24.7 Å². The highest BCUT2D eigenvalue weighted by atomic mass is 35.5. The van der Waals surface area contributed by atoms with Crippen molar-refractivity contribution in [2.45, 2.75) is 50.9 Å². The van der Waals surface area contributed by atoms with Gasteiger partial charge in [-0.25, -0.2) is 9.97 Å². The maximum Gasteiger partial charge on any atom is 0.223 e. The predicted octanol–water partition coefficient (Wildman–Crippen LogP) is 4.10. The SMILES string of the molecule is CC1(Oc2ncc(C=N[S+]([O-])C(C)(C)C)c3cc(Cl)ncc23)CC1. The molecule has 1 fully saturated rings. The molecule has 1 unspecified atom stereocenters. The Morgan fingerprint density at radius 3 is 2.62 bits per heavy atom. The summed E-state index contributed by atoms with van der Waals surface area (Å²) in [7, 11) is 0. The fourth-order valence-corrected chi connectivity index (χ4v) is 2.75. The molecule has 1 saturated carbocycles. The van der Waals surface area contributed by atoms with Crippen LogP contribution in [0.15, 0.2) is 22.9 Å². The van der Waals surface area contributed by atoms with Gasteiger partial charge in [0, 0.05) is 23.3 Å². The molecular formula is C17H20ClN3O2S. The molecule has 1 aliphatic carbocycles. The van der Waals surface area contributed by atoms with E-state index in [1.807, 2.05) is 20.8 Å². The van der Waals surface area contributed by atoms with E-state index in [9.17, 15) is 4.55 Å². The monoisotopic (exact) mass is 365 g/mol. The summed E-state index contributed by atoms with van der Waals surface area (Å²) in [5.74, 6) is 0.545. The quantitative estimate of drug-likeness (QED) is 0.464. The van der Waals surface area contributed by atoms with Crippen molar-refractivity contribution in [2.24, 2.45) is 4.40 Å². The molecule has 7 heteroatoms. The van der Waals surface area contributed by atoms with E-state index in [2.05, 4.69) is 21.3 Å². The Morgan fingerprint density at radius 2 is 2.00 bits per heavy atom. The molecule has 0 N–H and O–H groups in total. The van der Waals surface area contributed by atoms with Crippen molar-refractivity contribution >= 4 is 39.9 Å². The summed E-state index contributed by atoms with van der Waals surface area (Å²) in [5, 5.41) is 1.99. The van der Waals surface area contributed by atoms with Crippen LogP contribution in [0.25, 0.3) is 10.8 Å². The highest BCUT2D eigenvalue weighted by Gasteiger charge is 2.40. The van der Waals surface area contributed by atoms with Crippen LogP contribution in [0.4, 0.5) is 0 Å². The minimum atomic E-state index is -1.34. The van der Waals surface area contributed by atoms with Gasteiger partial charge in [-0.2, -0.15) is 0 Å². The molecule has 5 nitrogen and oxygen atoms in total. The average Bonchev–Trinajstić information content (AvgIpc) is 3.22. The van der Waals surface area contributed by atoms with Crippen LogP contribution >= 0.6 is 11.6 Å². The van der Waals surface area contributed by atoms with E-state index in [0.29, 0.717) is 11.0 Å². The molecule has 0 radical (unpaired) electrons. The molecule has 0 saturated heterocycles. The van der Waals surface area contributed by atoms with E-state index >= 15 is 0 Å². The van der Waals surface area contributed by atoms with Crippen LogP contribution in [0.1, 0.15) is 46.1 Å². The molecule has 0 aromatic carbocycles. The van der Waals surface area contributed by atoms with E-state index in [1.165, 1.54) is 0 Å². The maximum atomic E-state index is 12.1. The average molecular weight is 366 g/mol. The Bertz CT molecular complexity index is 800. The zero-order valence-corrected chi connectivity index (χ0v) is 15.7. The Kier molecular flexibility index (Phi) is 4.49. The minimum Gasteiger partial charge on any atom is -0.591 e. The van der Waals surface area contributed by atoms with Gasteiger partial charge in [-0.3, -0.25) is 0 Å². The van der Waals surface area contributed by atoms with Crippen LogP contribution in [0, 0.1) is 0 Å². The number of ether oxygens (including phenoxy) is 1. The summed E-state index contributed by atoms with van der Waals surface area (Å²) in [5.41, 5.74) is 0.600. The second kappa shape index (κ2) is 6.17. The largest absolute Gasteiger partial charge is 0.591 e. The van der Waals surface area contributed by atoms with Gasteiger partial charge >= 0.3 is 0 Å². The standard InChI is InChI=1S/C17H20ClN3O2S/c1-16(2,3)24(22)21-9-11-8-20-15(23-17(4)5-6-17)13-10-19-14(18)7-12(11)13/h7-10H,5-6H2,1-4H3. The fraction of sp³-hybridized carbons (Fsp3) is 0.471. The van der Waals surface area contributed by atoms with Gasteiger partial charge in [0.15, 0.2) is 0 Å². The molecule has 1 atom stereocenters. The van der Waals surface area contributed by atoms with Gasteiger partial charge in [-0.1, -0.05) is 16.0 Å². The molecule has 128 valence electrons. The van der Waals surface area contributed by atoms with Crippen molar-refractivity contribution in [2.75, 3.05) is 0 Å². The number of hydrogen-bond donors (Lipinski definition) is 0. The first kappa shape index (κ1) is 17.5. The second-order valence-electron chi connectivity index (χ2n) is 7.22. The van der Waals surface area contributed by atoms with E-state index in [-0.39, 0.29) is 5.60 Å². The number of hydrogen-bond acceptors (Lipinski definition) is 5. The van der Waals surface area contributed by atoms with Gasteiger partial charge < -0.3 is 9.29 Å². The van der Waals surface area contributed by atoms with Crippen LogP contribution in [0.5, 0.6) is 5.88 Å². The lowest BCUT2D eigenvalue weighted by Crippen LogP contribution is -2.25. The fourth-order valence-electron chi connectivity index (χ4n) is 2.06. The molecule has 0 amide bonds. The number of pyridine rings is 2. The molecule has 0 spiro atoms. The molecule has 1 aliphatic rings. The minimum absolute atomic E-state index is 0.136. The Balaban J connectivity index is 2.01. The lowest BCUT2D eigenvalue weighted by Gasteiger charge is -2.18. The smallest absolute Gasteiger partial charge is 0.223 e. The third kappa shape index (κ3) is 3.82. The summed E-state index contributed by atoms with van der Waals surface area (Å²) in [6, 6.07) is 1.75. The molecule has 2 aromatic rings. The highest BCUT2D eigenvalue weighted by Crippen LogP contribution is 2.41. The zero-order valence-electron chi connectivity index (χ0n) is 14.2. The van der Waals surface area contributed by atoms with Crippen molar-refractivity contribution < 1.29 is 9.29 Å². The number of aromatic nitrogens is 2. The maximum absolute atomic E-state index is 12.1. The molecule has 2 heterocycles. The second-order valence-corrected chi connectivity index (χ2v) is 9.54. The third-order valence-corrected chi connectivity index (χ3v) is 5.39. The summed E-state index contributed by atoms with van der Waals surface area (Å²) in [4.78, 5) is 8.54. The van der Waals surface area contributed by atoms with Crippen molar-refractivity contribution in [3.8, 4) is 5.88 Å². The molecule has 2 aromatic heterocycles. The first-order chi connectivity index (χ1) is 11.2. The Labute approximate surface area is 149 Å². The molecule has 3 rings (SSSR count). The van der Waals surface area contributed by atoms with Crippen LogP contribution < -0.4 is 4.74 Å². The summed E-state index contributed by atoms with van der Waals surface area (Å²) >= 11 is 4.71. The molecular weight excluding hydrogens is 346 g/mol. The van der Waals surface area contributed by atoms with Crippen LogP contribution in [-0.4, -0.2) is 31.1 Å². The highest BCUT2D eigenvalue weighted by molar-refractivity contribution is 7.91. The topological polar surface area (TPSA) is 70.4 Å². The van der Waals surface area contributed by atoms with E-state index in [4.69, 9.17) is 16.3 Å². The van der Waals surface area contributed by atoms with Crippen molar-refractivity contribution in [1.82, 2.24) is 9.97 Å². The van der Waals surface area contributed by atoms with Crippen LogP contribution in [0.3, 0.4) is 0 Å². The summed E-state index contributed by atoms with van der Waals surface area (Å²) in [6.07, 6.45) is 6.94. The van der Waals surface area contributed by atoms with E-state index < -0.39 is 16.1 Å². The molecule has 0 aliphatic heterocycles. The van der Waals surface area contributed by atoms with Gasteiger partial charge in [0.25, 0.3) is 0 Å². The Hall–Kier alpha value is -1.37. The predicted molar refractivity (Wildman–Crippen MR) is 98.3 cm³/mol. The first-order valence-corrected chi connectivity index (χ1v) is 9.26. The van der Waals surface area contributed by atoms with Gasteiger partial charge in [0.05, 0.1) is 11.6 Å². The number of rotatable bonds is 4. The van der Waals surface area contributed by atoms with Gasteiger partial charge in [0.2, 0.25) is 5.88 Å². The lowest BCUT2D eigenvalue weighted by molar-refractivity contribution is 0.194. The third-order valence-electron chi connectivity index (χ3n) is 3.84. The molecule has 0 bridgehead atoms. The van der Waals surface area contributed by atoms with Gasteiger partial charge in [0.1, 0.15) is 26.9 Å².